The number of carbonyl (C=O) groups is 3. The Morgan fingerprint density at radius 3 is 2.53 bits per heavy atom. The number of carbonyl (C=O) groups excluding carboxylic acids is 3. The highest BCUT2D eigenvalue weighted by Crippen LogP contribution is 2.26. The SMILES string of the molecule is CNCC(C)C(=O)N1CCC2(CC1)NC(=O)NC2=O. The summed E-state index contributed by atoms with van der Waals surface area (Å²) in [4.78, 5) is 36.9. The number of imide groups is 1. The number of rotatable bonds is 3. The molecule has 2 heterocycles. The summed E-state index contributed by atoms with van der Waals surface area (Å²) in [5.41, 5.74) is -0.805. The lowest BCUT2D eigenvalue weighted by Crippen LogP contribution is -2.56. The molecule has 1 unspecified atom stereocenters. The van der Waals surface area contributed by atoms with Crippen molar-refractivity contribution >= 4 is 17.8 Å². The molecule has 3 N–H and O–H groups in total. The first kappa shape index (κ1) is 13.8. The number of hydrogen-bond acceptors (Lipinski definition) is 4. The maximum atomic E-state index is 12.1. The van der Waals surface area contributed by atoms with Crippen LogP contribution in [0.5, 0.6) is 0 Å². The van der Waals surface area contributed by atoms with Crippen molar-refractivity contribution in [1.82, 2.24) is 20.9 Å². The van der Waals surface area contributed by atoms with Crippen molar-refractivity contribution in [2.45, 2.75) is 25.3 Å². The van der Waals surface area contributed by atoms with Gasteiger partial charge in [0.2, 0.25) is 5.91 Å². The summed E-state index contributed by atoms with van der Waals surface area (Å²) < 4.78 is 0. The Kier molecular flexibility index (Phi) is 3.75. The van der Waals surface area contributed by atoms with Crippen molar-refractivity contribution in [3.05, 3.63) is 0 Å². The molecule has 106 valence electrons. The highest BCUT2D eigenvalue weighted by molar-refractivity contribution is 6.07. The summed E-state index contributed by atoms with van der Waals surface area (Å²) in [5.74, 6) is -0.257. The molecule has 7 heteroatoms. The van der Waals surface area contributed by atoms with Crippen molar-refractivity contribution in [3.8, 4) is 0 Å². The van der Waals surface area contributed by atoms with E-state index in [0.717, 1.165) is 0 Å². The standard InChI is InChI=1S/C12H20N4O3/c1-8(7-13-2)9(17)16-5-3-12(4-6-16)10(18)14-11(19)15-12/h8,13H,3-7H2,1-2H3,(H2,14,15,18,19). The maximum absolute atomic E-state index is 12.1. The van der Waals surface area contributed by atoms with Gasteiger partial charge >= 0.3 is 6.03 Å². The van der Waals surface area contributed by atoms with Crippen molar-refractivity contribution in [1.29, 1.82) is 0 Å². The molecule has 0 aliphatic carbocycles. The lowest BCUT2D eigenvalue weighted by atomic mass is 9.87. The number of amides is 4. The first-order valence-corrected chi connectivity index (χ1v) is 6.55. The minimum absolute atomic E-state index is 0.0777. The molecule has 0 saturated carbocycles. The van der Waals surface area contributed by atoms with Gasteiger partial charge in [-0.05, 0) is 19.9 Å². The maximum Gasteiger partial charge on any atom is 0.322 e. The molecule has 1 atom stereocenters. The summed E-state index contributed by atoms with van der Waals surface area (Å²) in [6, 6.07) is -0.437. The van der Waals surface area contributed by atoms with E-state index in [-0.39, 0.29) is 17.7 Å². The lowest BCUT2D eigenvalue weighted by Gasteiger charge is -2.38. The predicted molar refractivity (Wildman–Crippen MR) is 68.3 cm³/mol. The van der Waals surface area contributed by atoms with E-state index in [2.05, 4.69) is 16.0 Å². The average Bonchev–Trinajstić information content (AvgIpc) is 2.64. The van der Waals surface area contributed by atoms with Crippen LogP contribution in [-0.4, -0.2) is 55.0 Å². The second kappa shape index (κ2) is 5.16. The fourth-order valence-electron chi connectivity index (χ4n) is 2.69. The Morgan fingerprint density at radius 2 is 2.05 bits per heavy atom. The molecule has 4 amide bonds. The molecule has 2 saturated heterocycles. The summed E-state index contributed by atoms with van der Waals surface area (Å²) in [5, 5.41) is 7.93. The van der Waals surface area contributed by atoms with E-state index < -0.39 is 11.6 Å². The van der Waals surface area contributed by atoms with E-state index in [4.69, 9.17) is 0 Å². The molecule has 0 bridgehead atoms. The minimum Gasteiger partial charge on any atom is -0.342 e. The topological polar surface area (TPSA) is 90.5 Å². The van der Waals surface area contributed by atoms with Gasteiger partial charge in [-0.25, -0.2) is 4.79 Å². The molecule has 0 radical (unpaired) electrons. The van der Waals surface area contributed by atoms with E-state index in [9.17, 15) is 14.4 Å². The second-order valence-corrected chi connectivity index (χ2v) is 5.27. The molecule has 2 fully saturated rings. The summed E-state index contributed by atoms with van der Waals surface area (Å²) in [6.07, 6.45) is 0.950. The molecule has 2 aliphatic heterocycles. The number of nitrogens with one attached hydrogen (secondary N) is 3. The fourth-order valence-corrected chi connectivity index (χ4v) is 2.69. The van der Waals surface area contributed by atoms with Gasteiger partial charge in [0.15, 0.2) is 0 Å². The molecule has 0 aromatic carbocycles. The quantitative estimate of drug-likeness (QED) is 0.575. The molecule has 19 heavy (non-hydrogen) atoms. The summed E-state index contributed by atoms with van der Waals surface area (Å²) in [7, 11) is 1.81. The van der Waals surface area contributed by atoms with Crippen LogP contribution in [0.25, 0.3) is 0 Å². The van der Waals surface area contributed by atoms with Gasteiger partial charge in [-0.2, -0.15) is 0 Å². The molecule has 2 aliphatic rings. The molecule has 2 rings (SSSR count). The van der Waals surface area contributed by atoms with Crippen molar-refractivity contribution in [3.63, 3.8) is 0 Å². The number of likely N-dealkylation sites (tertiary alicyclic amines) is 1. The van der Waals surface area contributed by atoms with Gasteiger partial charge < -0.3 is 15.5 Å². The first-order valence-electron chi connectivity index (χ1n) is 6.55. The van der Waals surface area contributed by atoms with Gasteiger partial charge in [0.05, 0.1) is 0 Å². The second-order valence-electron chi connectivity index (χ2n) is 5.27. The third kappa shape index (κ3) is 2.56. The Bertz CT molecular complexity index is 402. The highest BCUT2D eigenvalue weighted by atomic mass is 16.2. The van der Waals surface area contributed by atoms with Crippen LogP contribution >= 0.6 is 0 Å². The Hall–Kier alpha value is -1.63. The van der Waals surface area contributed by atoms with Gasteiger partial charge in [0, 0.05) is 25.6 Å². The molecule has 7 nitrogen and oxygen atoms in total. The van der Waals surface area contributed by atoms with E-state index in [1.165, 1.54) is 0 Å². The van der Waals surface area contributed by atoms with Crippen LogP contribution in [0.3, 0.4) is 0 Å². The van der Waals surface area contributed by atoms with Gasteiger partial charge in [0.25, 0.3) is 5.91 Å². The smallest absolute Gasteiger partial charge is 0.322 e. The first-order chi connectivity index (χ1) is 8.98. The zero-order valence-electron chi connectivity index (χ0n) is 11.3. The Labute approximate surface area is 112 Å². The summed E-state index contributed by atoms with van der Waals surface area (Å²) in [6.45, 7) is 3.52. The minimum atomic E-state index is -0.805. The molecule has 0 aromatic heterocycles. The van der Waals surface area contributed by atoms with Crippen LogP contribution in [0, 0.1) is 5.92 Å². The van der Waals surface area contributed by atoms with Crippen molar-refractivity contribution in [2.24, 2.45) is 5.92 Å². The number of nitrogens with zero attached hydrogens (tertiary/aromatic N) is 1. The fraction of sp³-hybridized carbons (Fsp3) is 0.750. The molecular formula is C12H20N4O3. The van der Waals surface area contributed by atoms with Gasteiger partial charge in [-0.3, -0.25) is 14.9 Å². The van der Waals surface area contributed by atoms with E-state index in [0.29, 0.717) is 32.5 Å². The van der Waals surface area contributed by atoms with Crippen LogP contribution in [0.4, 0.5) is 4.79 Å². The van der Waals surface area contributed by atoms with Crippen LogP contribution in [-0.2, 0) is 9.59 Å². The van der Waals surface area contributed by atoms with E-state index in [1.807, 2.05) is 14.0 Å². The Morgan fingerprint density at radius 1 is 1.42 bits per heavy atom. The van der Waals surface area contributed by atoms with Gasteiger partial charge in [-0.1, -0.05) is 6.92 Å². The molecule has 1 spiro atoms. The molecular weight excluding hydrogens is 248 g/mol. The van der Waals surface area contributed by atoms with Crippen LogP contribution in [0.2, 0.25) is 0 Å². The number of hydrogen-bond donors (Lipinski definition) is 3. The Balaban J connectivity index is 1.94. The highest BCUT2D eigenvalue weighted by Gasteiger charge is 2.48. The predicted octanol–water partition coefficient (Wildman–Crippen LogP) is -0.957. The van der Waals surface area contributed by atoms with Gasteiger partial charge in [0.1, 0.15) is 5.54 Å². The zero-order valence-corrected chi connectivity index (χ0v) is 11.3. The van der Waals surface area contributed by atoms with Crippen molar-refractivity contribution < 1.29 is 14.4 Å². The number of piperidine rings is 1. The zero-order chi connectivity index (χ0) is 14.0. The van der Waals surface area contributed by atoms with Crippen LogP contribution in [0.15, 0.2) is 0 Å². The monoisotopic (exact) mass is 268 g/mol. The van der Waals surface area contributed by atoms with Gasteiger partial charge in [-0.15, -0.1) is 0 Å². The van der Waals surface area contributed by atoms with E-state index >= 15 is 0 Å². The third-order valence-corrected chi connectivity index (χ3v) is 3.88. The lowest BCUT2D eigenvalue weighted by molar-refractivity contribution is -0.138. The average molecular weight is 268 g/mol. The van der Waals surface area contributed by atoms with Crippen molar-refractivity contribution in [2.75, 3.05) is 26.7 Å². The third-order valence-electron chi connectivity index (χ3n) is 3.88. The normalized spacial score (nSPS) is 23.2. The van der Waals surface area contributed by atoms with Crippen LogP contribution in [0.1, 0.15) is 19.8 Å². The molecule has 0 aromatic rings. The van der Waals surface area contributed by atoms with Crippen LogP contribution < -0.4 is 16.0 Å². The summed E-state index contributed by atoms with van der Waals surface area (Å²) >= 11 is 0. The van der Waals surface area contributed by atoms with E-state index in [1.54, 1.807) is 4.90 Å². The largest absolute Gasteiger partial charge is 0.342 e. The number of urea groups is 1.